The van der Waals surface area contributed by atoms with E-state index in [9.17, 15) is 4.79 Å². The summed E-state index contributed by atoms with van der Waals surface area (Å²) in [4.78, 5) is 13.5. The molecule has 0 unspecified atom stereocenters. The van der Waals surface area contributed by atoms with E-state index in [1.807, 2.05) is 73.0 Å². The first kappa shape index (κ1) is 16.0. The highest BCUT2D eigenvalue weighted by molar-refractivity contribution is 7.12. The number of nitrogens with zero attached hydrogens (tertiary/aromatic N) is 1. The Kier molecular flexibility index (Phi) is 5.03. The van der Waals surface area contributed by atoms with E-state index in [4.69, 9.17) is 0 Å². The smallest absolute Gasteiger partial charge is 0.273 e. The van der Waals surface area contributed by atoms with Gasteiger partial charge in [-0.05, 0) is 42.6 Å². The summed E-state index contributed by atoms with van der Waals surface area (Å²) in [5, 5.41) is 9.43. The molecular formula is C19H17N3OS. The highest BCUT2D eigenvalue weighted by atomic mass is 32.1. The fraction of sp³-hybridized carbons (Fsp3) is 0.0526. The van der Waals surface area contributed by atoms with Crippen molar-refractivity contribution in [2.24, 2.45) is 5.10 Å². The van der Waals surface area contributed by atoms with Gasteiger partial charge in [0, 0.05) is 10.6 Å². The molecule has 0 saturated carbocycles. The third-order valence-corrected chi connectivity index (χ3v) is 4.41. The van der Waals surface area contributed by atoms with E-state index in [2.05, 4.69) is 15.8 Å². The number of carbonyl (C=O) groups excluding carboxylic acids is 1. The van der Waals surface area contributed by atoms with Crippen LogP contribution in [0.2, 0.25) is 0 Å². The summed E-state index contributed by atoms with van der Waals surface area (Å²) in [6.07, 6.45) is 0. The lowest BCUT2D eigenvalue weighted by Gasteiger charge is -2.11. The van der Waals surface area contributed by atoms with E-state index < -0.39 is 0 Å². The Bertz CT molecular complexity index is 842. The van der Waals surface area contributed by atoms with Crippen molar-refractivity contribution in [3.8, 4) is 0 Å². The molecule has 120 valence electrons. The van der Waals surface area contributed by atoms with Crippen molar-refractivity contribution in [3.63, 3.8) is 0 Å². The highest BCUT2D eigenvalue weighted by Crippen LogP contribution is 2.20. The quantitative estimate of drug-likeness (QED) is 0.527. The van der Waals surface area contributed by atoms with Crippen LogP contribution >= 0.6 is 11.3 Å². The van der Waals surface area contributed by atoms with Gasteiger partial charge in [-0.2, -0.15) is 5.10 Å². The number of anilines is 2. The van der Waals surface area contributed by atoms with Gasteiger partial charge in [-0.15, -0.1) is 11.3 Å². The molecule has 0 spiro atoms. The molecule has 0 atom stereocenters. The van der Waals surface area contributed by atoms with Gasteiger partial charge in [0.2, 0.25) is 0 Å². The van der Waals surface area contributed by atoms with E-state index in [0.717, 1.165) is 22.0 Å². The van der Waals surface area contributed by atoms with Crippen molar-refractivity contribution in [2.45, 2.75) is 6.92 Å². The van der Waals surface area contributed by atoms with Crippen LogP contribution in [0.15, 0.2) is 77.2 Å². The molecule has 24 heavy (non-hydrogen) atoms. The zero-order valence-corrected chi connectivity index (χ0v) is 14.0. The molecule has 1 amide bonds. The lowest BCUT2D eigenvalue weighted by Crippen LogP contribution is -2.20. The van der Waals surface area contributed by atoms with E-state index in [0.29, 0.717) is 5.56 Å². The molecule has 4 nitrogen and oxygen atoms in total. The standard InChI is InChI=1S/C19H17N3OS/c1-14(18-12-7-13-24-18)21-22-19(23)16-10-5-6-11-17(16)20-15-8-3-2-4-9-15/h2-13,20H,1H3,(H,22,23)/b21-14+. The van der Waals surface area contributed by atoms with Crippen molar-refractivity contribution in [2.75, 3.05) is 5.32 Å². The molecule has 2 aromatic carbocycles. The third-order valence-electron chi connectivity index (χ3n) is 3.43. The molecule has 3 aromatic rings. The average molecular weight is 335 g/mol. The highest BCUT2D eigenvalue weighted by Gasteiger charge is 2.11. The maximum absolute atomic E-state index is 12.5. The fourth-order valence-corrected chi connectivity index (χ4v) is 2.88. The molecule has 0 aliphatic heterocycles. The fourth-order valence-electron chi connectivity index (χ4n) is 2.20. The van der Waals surface area contributed by atoms with Crippen LogP contribution in [-0.4, -0.2) is 11.6 Å². The topological polar surface area (TPSA) is 53.5 Å². The van der Waals surface area contributed by atoms with Crippen LogP contribution in [0.3, 0.4) is 0 Å². The number of para-hydroxylation sites is 2. The second kappa shape index (κ2) is 7.57. The molecule has 5 heteroatoms. The van der Waals surface area contributed by atoms with Gasteiger partial charge in [-0.3, -0.25) is 4.79 Å². The molecule has 2 N–H and O–H groups in total. The molecule has 0 saturated heterocycles. The molecular weight excluding hydrogens is 318 g/mol. The second-order valence-corrected chi connectivity index (χ2v) is 6.10. The van der Waals surface area contributed by atoms with Gasteiger partial charge >= 0.3 is 0 Å². The normalized spacial score (nSPS) is 11.1. The van der Waals surface area contributed by atoms with Crippen LogP contribution in [-0.2, 0) is 0 Å². The molecule has 0 aliphatic rings. The predicted molar refractivity (Wildman–Crippen MR) is 100 cm³/mol. The summed E-state index contributed by atoms with van der Waals surface area (Å²) in [6.45, 7) is 1.88. The summed E-state index contributed by atoms with van der Waals surface area (Å²) in [5.74, 6) is -0.245. The van der Waals surface area contributed by atoms with Gasteiger partial charge in [0.1, 0.15) is 0 Å². The lowest BCUT2D eigenvalue weighted by molar-refractivity contribution is 0.0955. The van der Waals surface area contributed by atoms with E-state index in [1.165, 1.54) is 0 Å². The monoisotopic (exact) mass is 335 g/mol. The Hall–Kier alpha value is -2.92. The zero-order valence-electron chi connectivity index (χ0n) is 13.2. The Morgan fingerprint density at radius 2 is 1.71 bits per heavy atom. The first-order valence-corrected chi connectivity index (χ1v) is 8.41. The van der Waals surface area contributed by atoms with Crippen LogP contribution in [0.25, 0.3) is 0 Å². The van der Waals surface area contributed by atoms with E-state index >= 15 is 0 Å². The molecule has 3 rings (SSSR count). The van der Waals surface area contributed by atoms with Crippen LogP contribution in [0.1, 0.15) is 22.2 Å². The molecule has 0 fully saturated rings. The van der Waals surface area contributed by atoms with Crippen LogP contribution in [0, 0.1) is 0 Å². The lowest BCUT2D eigenvalue weighted by atomic mass is 10.1. The average Bonchev–Trinajstić information content (AvgIpc) is 3.15. The van der Waals surface area contributed by atoms with Crippen molar-refractivity contribution >= 4 is 34.3 Å². The number of carbonyl (C=O) groups is 1. The third kappa shape index (κ3) is 3.88. The number of thiophene rings is 1. The predicted octanol–water partition coefficient (Wildman–Crippen LogP) is 4.65. The van der Waals surface area contributed by atoms with Gasteiger partial charge in [0.05, 0.1) is 17.0 Å². The number of amides is 1. The van der Waals surface area contributed by atoms with Crippen LogP contribution in [0.4, 0.5) is 11.4 Å². The number of benzene rings is 2. The minimum absolute atomic E-state index is 0.245. The second-order valence-electron chi connectivity index (χ2n) is 5.15. The molecule has 0 radical (unpaired) electrons. The zero-order chi connectivity index (χ0) is 16.8. The Balaban J connectivity index is 1.77. The van der Waals surface area contributed by atoms with Gasteiger partial charge in [0.25, 0.3) is 5.91 Å². The Labute approximate surface area is 144 Å². The summed E-state index contributed by atoms with van der Waals surface area (Å²) >= 11 is 1.59. The van der Waals surface area contributed by atoms with Crippen LogP contribution in [0.5, 0.6) is 0 Å². The van der Waals surface area contributed by atoms with Gasteiger partial charge < -0.3 is 5.32 Å². The van der Waals surface area contributed by atoms with Crippen LogP contribution < -0.4 is 10.7 Å². The van der Waals surface area contributed by atoms with Crippen molar-refractivity contribution in [1.29, 1.82) is 0 Å². The number of nitrogens with one attached hydrogen (secondary N) is 2. The summed E-state index contributed by atoms with van der Waals surface area (Å²) in [7, 11) is 0. The first-order chi connectivity index (χ1) is 11.7. The number of hydrazone groups is 1. The molecule has 0 aliphatic carbocycles. The van der Waals surface area contributed by atoms with Gasteiger partial charge in [-0.25, -0.2) is 5.43 Å². The number of rotatable bonds is 5. The van der Waals surface area contributed by atoms with Crippen molar-refractivity contribution in [3.05, 3.63) is 82.6 Å². The Morgan fingerprint density at radius 3 is 2.46 bits per heavy atom. The minimum atomic E-state index is -0.245. The minimum Gasteiger partial charge on any atom is -0.355 e. The van der Waals surface area contributed by atoms with Crippen molar-refractivity contribution < 1.29 is 4.79 Å². The number of hydrogen-bond acceptors (Lipinski definition) is 4. The summed E-state index contributed by atoms with van der Waals surface area (Å²) < 4.78 is 0. The van der Waals surface area contributed by atoms with Gasteiger partial charge in [-0.1, -0.05) is 36.4 Å². The summed E-state index contributed by atoms with van der Waals surface area (Å²) in [6, 6.07) is 21.0. The largest absolute Gasteiger partial charge is 0.355 e. The Morgan fingerprint density at radius 1 is 0.958 bits per heavy atom. The molecule has 1 heterocycles. The maximum atomic E-state index is 12.5. The van der Waals surface area contributed by atoms with Crippen molar-refractivity contribution in [1.82, 2.24) is 5.43 Å². The van der Waals surface area contributed by atoms with E-state index in [-0.39, 0.29) is 5.91 Å². The summed E-state index contributed by atoms with van der Waals surface area (Å²) in [5.41, 5.74) is 5.63. The van der Waals surface area contributed by atoms with Gasteiger partial charge in [0.15, 0.2) is 0 Å². The van der Waals surface area contributed by atoms with E-state index in [1.54, 1.807) is 17.4 Å². The maximum Gasteiger partial charge on any atom is 0.273 e. The molecule has 1 aromatic heterocycles. The number of hydrogen-bond donors (Lipinski definition) is 2. The molecule has 0 bridgehead atoms. The first-order valence-electron chi connectivity index (χ1n) is 7.53. The SMILES string of the molecule is C/C(=N\NC(=O)c1ccccc1Nc1ccccc1)c1cccs1.